The molecule has 2 N–H and O–H groups in total. The molecule has 19 heavy (non-hydrogen) atoms. The summed E-state index contributed by atoms with van der Waals surface area (Å²) in [7, 11) is 0. The van der Waals surface area contributed by atoms with Crippen molar-refractivity contribution in [2.75, 3.05) is 13.2 Å². The molecule has 0 bridgehead atoms. The van der Waals surface area contributed by atoms with E-state index in [-0.39, 0.29) is 19.0 Å². The minimum Gasteiger partial charge on any atom is -0.372 e. The maximum Gasteiger partial charge on any atom is 0.217 e. The summed E-state index contributed by atoms with van der Waals surface area (Å²) in [5.74, 6) is 0. The first-order chi connectivity index (χ1) is 8.52. The summed E-state index contributed by atoms with van der Waals surface area (Å²) < 4.78 is 4.06. The van der Waals surface area contributed by atoms with Crippen molar-refractivity contribution in [3.63, 3.8) is 0 Å². The molecule has 0 aromatic rings. The minimum absolute atomic E-state index is 0. The Morgan fingerprint density at radius 2 is 1.42 bits per heavy atom. The van der Waals surface area contributed by atoms with E-state index in [0.29, 0.717) is 6.61 Å². The number of halogens is 4. The fourth-order valence-corrected chi connectivity index (χ4v) is 2.21. The maximum absolute atomic E-state index is 5.74. The zero-order valence-corrected chi connectivity index (χ0v) is 14.8. The lowest BCUT2D eigenvalue weighted by atomic mass is 10.1. The average molecular weight is 355 g/mol. The Hall–Kier alpha value is 1.08. The molecular formula is C13H27Cl4NO. The highest BCUT2D eigenvalue weighted by Crippen LogP contribution is 2.31. The number of alkyl halides is 3. The molecule has 0 aromatic heterocycles. The molecule has 0 aromatic carbocycles. The van der Waals surface area contributed by atoms with Gasteiger partial charge in [-0.25, -0.2) is 0 Å². The molecule has 0 fully saturated rings. The van der Waals surface area contributed by atoms with Crippen LogP contribution in [0.2, 0.25) is 0 Å². The first-order valence-corrected chi connectivity index (χ1v) is 8.04. The SMILES string of the molecule is CCCCCCCCCCOC(CN)C(Cl)(Cl)Cl.Cl. The summed E-state index contributed by atoms with van der Waals surface area (Å²) in [4.78, 5) is 0. The van der Waals surface area contributed by atoms with Crippen LogP contribution >= 0.6 is 47.2 Å². The van der Waals surface area contributed by atoms with Crippen molar-refractivity contribution in [3.05, 3.63) is 0 Å². The predicted molar refractivity (Wildman–Crippen MR) is 88.9 cm³/mol. The Balaban J connectivity index is 0. The largest absolute Gasteiger partial charge is 0.372 e. The number of nitrogens with two attached hydrogens (primary N) is 1. The van der Waals surface area contributed by atoms with Crippen LogP contribution in [0.1, 0.15) is 58.3 Å². The van der Waals surface area contributed by atoms with E-state index in [1.807, 2.05) is 0 Å². The van der Waals surface area contributed by atoms with Crippen LogP contribution in [0.4, 0.5) is 0 Å². The molecule has 0 amide bonds. The summed E-state index contributed by atoms with van der Waals surface area (Å²) in [5.41, 5.74) is 5.49. The van der Waals surface area contributed by atoms with Gasteiger partial charge in [0.1, 0.15) is 6.10 Å². The van der Waals surface area contributed by atoms with Gasteiger partial charge in [-0.2, -0.15) is 0 Å². The van der Waals surface area contributed by atoms with Crippen molar-refractivity contribution in [2.24, 2.45) is 5.73 Å². The third-order valence-corrected chi connectivity index (χ3v) is 3.63. The Labute approximate surface area is 139 Å². The van der Waals surface area contributed by atoms with Gasteiger partial charge in [0.15, 0.2) is 0 Å². The fourth-order valence-electron chi connectivity index (χ4n) is 1.76. The van der Waals surface area contributed by atoms with E-state index >= 15 is 0 Å². The zero-order chi connectivity index (χ0) is 13.9. The number of hydrogen-bond donors (Lipinski definition) is 1. The summed E-state index contributed by atoms with van der Waals surface area (Å²) in [6.45, 7) is 3.08. The third kappa shape index (κ3) is 13.8. The van der Waals surface area contributed by atoms with Crippen LogP contribution in [0.5, 0.6) is 0 Å². The van der Waals surface area contributed by atoms with Crippen LogP contribution in [0.15, 0.2) is 0 Å². The summed E-state index contributed by atoms with van der Waals surface area (Å²) in [5, 5.41) is 0. The molecule has 0 spiro atoms. The van der Waals surface area contributed by atoms with E-state index in [0.717, 1.165) is 6.42 Å². The quantitative estimate of drug-likeness (QED) is 0.405. The van der Waals surface area contributed by atoms with Gasteiger partial charge in [0.2, 0.25) is 3.79 Å². The number of hydrogen-bond acceptors (Lipinski definition) is 2. The molecule has 0 heterocycles. The van der Waals surface area contributed by atoms with E-state index < -0.39 is 9.90 Å². The Morgan fingerprint density at radius 3 is 1.84 bits per heavy atom. The highest BCUT2D eigenvalue weighted by atomic mass is 35.6. The van der Waals surface area contributed by atoms with Crippen LogP contribution in [0.3, 0.4) is 0 Å². The third-order valence-electron chi connectivity index (χ3n) is 2.90. The molecular weight excluding hydrogens is 328 g/mol. The van der Waals surface area contributed by atoms with Crippen molar-refractivity contribution >= 4 is 47.2 Å². The number of unbranched alkanes of at least 4 members (excludes halogenated alkanes) is 7. The molecule has 118 valence electrons. The molecule has 0 aliphatic heterocycles. The molecule has 0 rings (SSSR count). The smallest absolute Gasteiger partial charge is 0.217 e. The monoisotopic (exact) mass is 353 g/mol. The Bertz CT molecular complexity index is 188. The summed E-state index contributed by atoms with van der Waals surface area (Å²) >= 11 is 17.2. The lowest BCUT2D eigenvalue weighted by molar-refractivity contribution is 0.0589. The molecule has 1 unspecified atom stereocenters. The highest BCUT2D eigenvalue weighted by molar-refractivity contribution is 6.68. The van der Waals surface area contributed by atoms with Crippen molar-refractivity contribution in [1.29, 1.82) is 0 Å². The topological polar surface area (TPSA) is 35.2 Å². The summed E-state index contributed by atoms with van der Waals surface area (Å²) in [6, 6.07) is 0. The maximum atomic E-state index is 5.74. The lowest BCUT2D eigenvalue weighted by Crippen LogP contribution is -2.36. The second kappa shape index (κ2) is 14.0. The van der Waals surface area contributed by atoms with Gasteiger partial charge in [0, 0.05) is 13.2 Å². The van der Waals surface area contributed by atoms with Crippen LogP contribution in [-0.2, 0) is 4.74 Å². The molecule has 0 aliphatic rings. The lowest BCUT2D eigenvalue weighted by Gasteiger charge is -2.23. The molecule has 1 atom stereocenters. The van der Waals surface area contributed by atoms with Crippen LogP contribution < -0.4 is 5.73 Å². The van der Waals surface area contributed by atoms with Gasteiger partial charge in [0.05, 0.1) is 0 Å². The van der Waals surface area contributed by atoms with Gasteiger partial charge < -0.3 is 10.5 Å². The highest BCUT2D eigenvalue weighted by Gasteiger charge is 2.32. The molecule has 0 saturated heterocycles. The minimum atomic E-state index is -1.42. The molecule has 0 radical (unpaired) electrons. The number of ether oxygens (including phenoxy) is 1. The van der Waals surface area contributed by atoms with Crippen molar-refractivity contribution < 1.29 is 4.74 Å². The van der Waals surface area contributed by atoms with E-state index in [1.54, 1.807) is 0 Å². The van der Waals surface area contributed by atoms with Gasteiger partial charge >= 0.3 is 0 Å². The van der Waals surface area contributed by atoms with Gasteiger partial charge in [0.25, 0.3) is 0 Å². The van der Waals surface area contributed by atoms with Gasteiger partial charge in [-0.1, -0.05) is 86.7 Å². The molecule has 0 saturated carbocycles. The van der Waals surface area contributed by atoms with Crippen molar-refractivity contribution in [2.45, 2.75) is 68.2 Å². The van der Waals surface area contributed by atoms with Crippen molar-refractivity contribution in [1.82, 2.24) is 0 Å². The van der Waals surface area contributed by atoms with Gasteiger partial charge in [-0.15, -0.1) is 12.4 Å². The first kappa shape index (κ1) is 22.4. The van der Waals surface area contributed by atoms with Crippen molar-refractivity contribution in [3.8, 4) is 0 Å². The number of rotatable bonds is 11. The molecule has 6 heteroatoms. The van der Waals surface area contributed by atoms with E-state index in [4.69, 9.17) is 45.3 Å². The van der Waals surface area contributed by atoms with Crippen LogP contribution in [0.25, 0.3) is 0 Å². The average Bonchev–Trinajstić information content (AvgIpc) is 2.30. The Kier molecular flexibility index (Phi) is 16.5. The first-order valence-electron chi connectivity index (χ1n) is 6.90. The fraction of sp³-hybridized carbons (Fsp3) is 1.00. The van der Waals surface area contributed by atoms with E-state index in [9.17, 15) is 0 Å². The van der Waals surface area contributed by atoms with Crippen LogP contribution in [-0.4, -0.2) is 23.0 Å². The predicted octanol–water partition coefficient (Wildman–Crippen LogP) is 5.26. The summed E-state index contributed by atoms with van der Waals surface area (Å²) in [6.07, 6.45) is 9.58. The molecule has 0 aliphatic carbocycles. The van der Waals surface area contributed by atoms with E-state index in [2.05, 4.69) is 6.92 Å². The molecule has 2 nitrogen and oxygen atoms in total. The second-order valence-corrected chi connectivity index (χ2v) is 6.98. The van der Waals surface area contributed by atoms with Gasteiger partial charge in [-0.3, -0.25) is 0 Å². The van der Waals surface area contributed by atoms with Gasteiger partial charge in [-0.05, 0) is 6.42 Å². The standard InChI is InChI=1S/C13H26Cl3NO.ClH/c1-2-3-4-5-6-7-8-9-10-18-12(11-17)13(14,15)16;/h12H,2-11,17H2,1H3;1H. The Morgan fingerprint density at radius 1 is 0.947 bits per heavy atom. The van der Waals surface area contributed by atoms with E-state index in [1.165, 1.54) is 44.9 Å². The normalized spacial score (nSPS) is 13.1. The zero-order valence-electron chi connectivity index (χ0n) is 11.7. The second-order valence-electron chi connectivity index (χ2n) is 4.61. The van der Waals surface area contributed by atoms with Crippen LogP contribution in [0, 0.1) is 0 Å².